The SMILES string of the molecule is CCn1c(SCc2noc(C(C)(C)C)n2)nnc1-c1ccccc1OC. The summed E-state index contributed by atoms with van der Waals surface area (Å²) in [4.78, 5) is 4.47. The van der Waals surface area contributed by atoms with Crippen molar-refractivity contribution in [2.75, 3.05) is 7.11 Å². The summed E-state index contributed by atoms with van der Waals surface area (Å²) in [5.74, 6) is 3.43. The third-order valence-corrected chi connectivity index (χ3v) is 4.78. The molecule has 0 saturated carbocycles. The first-order valence-electron chi connectivity index (χ1n) is 8.46. The molecule has 0 aliphatic rings. The number of hydrogen-bond donors (Lipinski definition) is 0. The van der Waals surface area contributed by atoms with Gasteiger partial charge in [-0.1, -0.05) is 49.8 Å². The minimum absolute atomic E-state index is 0.156. The van der Waals surface area contributed by atoms with Gasteiger partial charge in [0, 0.05) is 12.0 Å². The summed E-state index contributed by atoms with van der Waals surface area (Å²) in [6.45, 7) is 8.96. The lowest BCUT2D eigenvalue weighted by Crippen LogP contribution is -2.11. The number of para-hydroxylation sites is 1. The predicted molar refractivity (Wildman–Crippen MR) is 100 cm³/mol. The first kappa shape index (κ1) is 18.4. The van der Waals surface area contributed by atoms with E-state index in [4.69, 9.17) is 9.26 Å². The Labute approximate surface area is 157 Å². The maximum Gasteiger partial charge on any atom is 0.232 e. The second kappa shape index (κ2) is 7.49. The molecule has 0 N–H and O–H groups in total. The molecule has 8 heteroatoms. The number of nitrogens with zero attached hydrogens (tertiary/aromatic N) is 5. The van der Waals surface area contributed by atoms with Crippen LogP contribution in [0.3, 0.4) is 0 Å². The Bertz CT molecular complexity index is 882. The lowest BCUT2D eigenvalue weighted by atomic mass is 9.97. The van der Waals surface area contributed by atoms with Gasteiger partial charge in [0.1, 0.15) is 5.75 Å². The number of rotatable bonds is 6. The number of hydrogen-bond acceptors (Lipinski definition) is 7. The highest BCUT2D eigenvalue weighted by Crippen LogP contribution is 2.31. The Morgan fingerprint density at radius 2 is 1.96 bits per heavy atom. The summed E-state index contributed by atoms with van der Waals surface area (Å²) in [5, 5.41) is 13.6. The van der Waals surface area contributed by atoms with Gasteiger partial charge in [-0.3, -0.25) is 0 Å². The van der Waals surface area contributed by atoms with Gasteiger partial charge in [0.15, 0.2) is 16.8 Å². The monoisotopic (exact) mass is 373 g/mol. The van der Waals surface area contributed by atoms with Crippen LogP contribution in [0.4, 0.5) is 0 Å². The van der Waals surface area contributed by atoms with E-state index >= 15 is 0 Å². The molecule has 0 aliphatic carbocycles. The van der Waals surface area contributed by atoms with Crippen LogP contribution in [0.5, 0.6) is 5.75 Å². The molecule has 0 fully saturated rings. The first-order chi connectivity index (χ1) is 12.4. The molecular weight excluding hydrogens is 350 g/mol. The molecule has 3 aromatic rings. The van der Waals surface area contributed by atoms with Crippen LogP contribution in [0.2, 0.25) is 0 Å². The second-order valence-electron chi connectivity index (χ2n) is 6.81. The van der Waals surface area contributed by atoms with Gasteiger partial charge >= 0.3 is 0 Å². The topological polar surface area (TPSA) is 78.9 Å². The molecule has 3 rings (SSSR count). The van der Waals surface area contributed by atoms with Crippen molar-refractivity contribution in [2.45, 2.75) is 50.6 Å². The van der Waals surface area contributed by atoms with Crippen LogP contribution in [0.25, 0.3) is 11.4 Å². The van der Waals surface area contributed by atoms with Gasteiger partial charge in [-0.2, -0.15) is 4.98 Å². The van der Waals surface area contributed by atoms with Crippen molar-refractivity contribution in [3.63, 3.8) is 0 Å². The first-order valence-corrected chi connectivity index (χ1v) is 9.45. The van der Waals surface area contributed by atoms with E-state index in [0.29, 0.717) is 17.5 Å². The Kier molecular flexibility index (Phi) is 5.31. The quantitative estimate of drug-likeness (QED) is 0.605. The molecule has 0 unspecified atom stereocenters. The van der Waals surface area contributed by atoms with Crippen LogP contribution in [0.1, 0.15) is 39.4 Å². The van der Waals surface area contributed by atoms with Crippen LogP contribution >= 0.6 is 11.8 Å². The van der Waals surface area contributed by atoms with Crippen LogP contribution in [-0.2, 0) is 17.7 Å². The van der Waals surface area contributed by atoms with Crippen molar-refractivity contribution in [3.05, 3.63) is 36.0 Å². The summed E-state index contributed by atoms with van der Waals surface area (Å²) < 4.78 is 12.9. The maximum atomic E-state index is 5.45. The molecule has 2 heterocycles. The molecular formula is C18H23N5O2S. The predicted octanol–water partition coefficient (Wildman–Crippen LogP) is 3.95. The number of methoxy groups -OCH3 is 1. The van der Waals surface area contributed by atoms with E-state index in [9.17, 15) is 0 Å². The number of benzene rings is 1. The zero-order chi connectivity index (χ0) is 18.7. The summed E-state index contributed by atoms with van der Waals surface area (Å²) >= 11 is 1.54. The Balaban J connectivity index is 1.82. The standard InChI is InChI=1S/C18H23N5O2S/c1-6-23-15(12-9-7-8-10-13(12)24-5)20-21-17(23)26-11-14-19-16(25-22-14)18(2,3)4/h7-10H,6,11H2,1-5H3. The van der Waals surface area contributed by atoms with Crippen molar-refractivity contribution < 1.29 is 9.26 Å². The summed E-state index contributed by atoms with van der Waals surface area (Å²) in [7, 11) is 1.66. The van der Waals surface area contributed by atoms with E-state index in [1.54, 1.807) is 18.9 Å². The Morgan fingerprint density at radius 1 is 1.19 bits per heavy atom. The van der Waals surface area contributed by atoms with Crippen molar-refractivity contribution in [1.29, 1.82) is 0 Å². The molecule has 0 bridgehead atoms. The minimum atomic E-state index is -0.156. The van der Waals surface area contributed by atoms with Crippen LogP contribution in [-0.4, -0.2) is 32.0 Å². The third kappa shape index (κ3) is 3.75. The van der Waals surface area contributed by atoms with Crippen molar-refractivity contribution in [2.24, 2.45) is 0 Å². The zero-order valence-electron chi connectivity index (χ0n) is 15.7. The van der Waals surface area contributed by atoms with E-state index in [0.717, 1.165) is 28.8 Å². The van der Waals surface area contributed by atoms with E-state index in [-0.39, 0.29) is 5.41 Å². The van der Waals surface area contributed by atoms with E-state index in [1.165, 1.54) is 0 Å². The van der Waals surface area contributed by atoms with Gasteiger partial charge in [-0.15, -0.1) is 10.2 Å². The average Bonchev–Trinajstić information content (AvgIpc) is 3.26. The van der Waals surface area contributed by atoms with E-state index < -0.39 is 0 Å². The molecule has 2 aromatic heterocycles. The molecule has 138 valence electrons. The van der Waals surface area contributed by atoms with Crippen LogP contribution < -0.4 is 4.74 Å². The fourth-order valence-corrected chi connectivity index (χ4v) is 3.30. The van der Waals surface area contributed by atoms with Crippen LogP contribution in [0, 0.1) is 0 Å². The van der Waals surface area contributed by atoms with Crippen molar-refractivity contribution >= 4 is 11.8 Å². The number of aromatic nitrogens is 5. The van der Waals surface area contributed by atoms with E-state index in [2.05, 4.69) is 31.8 Å². The van der Waals surface area contributed by atoms with Gasteiger partial charge in [-0.25, -0.2) is 0 Å². The van der Waals surface area contributed by atoms with Gasteiger partial charge in [0.25, 0.3) is 0 Å². The highest BCUT2D eigenvalue weighted by atomic mass is 32.2. The minimum Gasteiger partial charge on any atom is -0.496 e. The summed E-state index contributed by atoms with van der Waals surface area (Å²) in [6.07, 6.45) is 0. The third-order valence-electron chi connectivity index (χ3n) is 3.82. The smallest absolute Gasteiger partial charge is 0.232 e. The van der Waals surface area contributed by atoms with Gasteiger partial charge in [-0.05, 0) is 19.1 Å². The molecule has 0 radical (unpaired) electrons. The molecule has 7 nitrogen and oxygen atoms in total. The molecule has 1 aromatic carbocycles. The summed E-state index contributed by atoms with van der Waals surface area (Å²) in [6, 6.07) is 7.81. The summed E-state index contributed by atoms with van der Waals surface area (Å²) in [5.41, 5.74) is 0.766. The molecule has 0 aliphatic heterocycles. The van der Waals surface area contributed by atoms with Gasteiger partial charge in [0.2, 0.25) is 5.89 Å². The highest BCUT2D eigenvalue weighted by Gasteiger charge is 2.22. The highest BCUT2D eigenvalue weighted by molar-refractivity contribution is 7.98. The maximum absolute atomic E-state index is 5.45. The zero-order valence-corrected chi connectivity index (χ0v) is 16.5. The number of thioether (sulfide) groups is 1. The van der Waals surface area contributed by atoms with Crippen LogP contribution in [0.15, 0.2) is 33.9 Å². The Morgan fingerprint density at radius 3 is 2.62 bits per heavy atom. The fraction of sp³-hybridized carbons (Fsp3) is 0.444. The second-order valence-corrected chi connectivity index (χ2v) is 7.75. The van der Waals surface area contributed by atoms with Crippen molar-refractivity contribution in [1.82, 2.24) is 24.9 Å². The van der Waals surface area contributed by atoms with Gasteiger partial charge < -0.3 is 13.8 Å². The van der Waals surface area contributed by atoms with E-state index in [1.807, 2.05) is 45.0 Å². The molecule has 0 atom stereocenters. The lowest BCUT2D eigenvalue weighted by Gasteiger charge is -2.10. The molecule has 26 heavy (non-hydrogen) atoms. The lowest BCUT2D eigenvalue weighted by molar-refractivity contribution is 0.319. The fourth-order valence-electron chi connectivity index (χ4n) is 2.46. The largest absolute Gasteiger partial charge is 0.496 e. The van der Waals surface area contributed by atoms with Gasteiger partial charge in [0.05, 0.1) is 18.4 Å². The molecule has 0 spiro atoms. The van der Waals surface area contributed by atoms with Crippen molar-refractivity contribution in [3.8, 4) is 17.1 Å². The average molecular weight is 373 g/mol. The molecule has 0 amide bonds. The number of ether oxygens (including phenoxy) is 1. The normalized spacial score (nSPS) is 11.7. The molecule has 0 saturated heterocycles. The Hall–Kier alpha value is -2.35.